The van der Waals surface area contributed by atoms with Crippen LogP contribution in [0.4, 0.5) is 5.69 Å². The smallest absolute Gasteiger partial charge is 0.269 e. The Kier molecular flexibility index (Phi) is 5.24. The van der Waals surface area contributed by atoms with Crippen LogP contribution in [0.15, 0.2) is 53.7 Å². The Balaban J connectivity index is 1.67. The lowest BCUT2D eigenvalue weighted by molar-refractivity contribution is -0.384. The van der Waals surface area contributed by atoms with E-state index in [0.29, 0.717) is 17.5 Å². The molecule has 0 unspecified atom stereocenters. The molecule has 0 atom stereocenters. The minimum Gasteiger partial charge on any atom is -0.497 e. The molecule has 1 aromatic heterocycles. The van der Waals surface area contributed by atoms with Crippen molar-refractivity contribution >= 4 is 17.4 Å². The maximum absolute atomic E-state index is 10.8. The van der Waals surface area contributed by atoms with Gasteiger partial charge in [0, 0.05) is 17.9 Å². The van der Waals surface area contributed by atoms with Crippen molar-refractivity contribution in [3.63, 3.8) is 0 Å². The number of non-ortho nitro benzene ring substituents is 1. The third kappa shape index (κ3) is 4.32. The van der Waals surface area contributed by atoms with Crippen LogP contribution >= 0.6 is 11.8 Å². The fourth-order valence-electron chi connectivity index (χ4n) is 2.21. The highest BCUT2D eigenvalue weighted by Crippen LogP contribution is 2.23. The molecule has 1 heterocycles. The van der Waals surface area contributed by atoms with Crippen LogP contribution in [0.5, 0.6) is 5.75 Å². The highest BCUT2D eigenvalue weighted by molar-refractivity contribution is 7.98. The lowest BCUT2D eigenvalue weighted by Gasteiger charge is -2.06. The third-order valence-corrected chi connectivity index (χ3v) is 4.51. The van der Waals surface area contributed by atoms with Gasteiger partial charge >= 0.3 is 0 Å². The molecule has 0 fully saturated rings. The van der Waals surface area contributed by atoms with Crippen LogP contribution in [0.3, 0.4) is 0 Å². The molecule has 0 spiro atoms. The lowest BCUT2D eigenvalue weighted by atomic mass is 10.2. The molecule has 0 saturated carbocycles. The van der Waals surface area contributed by atoms with Crippen molar-refractivity contribution in [1.82, 2.24) is 20.2 Å². The molecule has 0 amide bonds. The van der Waals surface area contributed by atoms with Gasteiger partial charge in [0.25, 0.3) is 5.69 Å². The number of aromatic nitrogens is 4. The van der Waals surface area contributed by atoms with Gasteiger partial charge in [-0.25, -0.2) is 4.68 Å². The van der Waals surface area contributed by atoms with E-state index in [-0.39, 0.29) is 5.69 Å². The lowest BCUT2D eigenvalue weighted by Crippen LogP contribution is -2.04. The molecule has 2 aromatic carbocycles. The van der Waals surface area contributed by atoms with Gasteiger partial charge in [-0.15, -0.1) is 5.10 Å². The van der Waals surface area contributed by atoms with Crippen molar-refractivity contribution in [2.75, 3.05) is 7.11 Å². The maximum Gasteiger partial charge on any atom is 0.269 e. The van der Waals surface area contributed by atoms with Crippen molar-refractivity contribution in [3.05, 3.63) is 69.8 Å². The van der Waals surface area contributed by atoms with E-state index in [2.05, 4.69) is 15.5 Å². The molecule has 8 nitrogen and oxygen atoms in total. The number of nitro groups is 1. The molecule has 0 aliphatic rings. The van der Waals surface area contributed by atoms with Gasteiger partial charge in [0.1, 0.15) is 5.75 Å². The quantitative estimate of drug-likeness (QED) is 0.364. The molecule has 0 radical (unpaired) electrons. The first-order valence-corrected chi connectivity index (χ1v) is 8.39. The summed E-state index contributed by atoms with van der Waals surface area (Å²) in [6.07, 6.45) is 0. The van der Waals surface area contributed by atoms with Crippen LogP contribution in [-0.4, -0.2) is 32.2 Å². The summed E-state index contributed by atoms with van der Waals surface area (Å²) >= 11 is 1.43. The Hall–Kier alpha value is -2.94. The summed E-state index contributed by atoms with van der Waals surface area (Å²) in [5, 5.41) is 23.2. The zero-order valence-electron chi connectivity index (χ0n) is 13.4. The minimum atomic E-state index is -0.401. The molecular formula is C16H15N5O3S. The molecule has 25 heavy (non-hydrogen) atoms. The number of methoxy groups -OCH3 is 1. The van der Waals surface area contributed by atoms with Crippen LogP contribution in [0.25, 0.3) is 0 Å². The fraction of sp³-hybridized carbons (Fsp3) is 0.188. The highest BCUT2D eigenvalue weighted by atomic mass is 32.2. The Morgan fingerprint density at radius 3 is 2.72 bits per heavy atom. The summed E-state index contributed by atoms with van der Waals surface area (Å²) in [4.78, 5) is 10.4. The highest BCUT2D eigenvalue weighted by Gasteiger charge is 2.10. The zero-order chi connectivity index (χ0) is 17.6. The maximum atomic E-state index is 10.8. The molecule has 9 heteroatoms. The van der Waals surface area contributed by atoms with Gasteiger partial charge in [-0.1, -0.05) is 36.0 Å². The topological polar surface area (TPSA) is 96.0 Å². The second-order valence-electron chi connectivity index (χ2n) is 5.18. The van der Waals surface area contributed by atoms with E-state index < -0.39 is 4.92 Å². The summed E-state index contributed by atoms with van der Waals surface area (Å²) in [6, 6.07) is 14.2. The summed E-state index contributed by atoms with van der Waals surface area (Å²) in [5.74, 6) is 1.34. The number of nitro benzene ring substituents is 1. The van der Waals surface area contributed by atoms with E-state index in [0.717, 1.165) is 16.9 Å². The molecule has 0 aliphatic heterocycles. The molecule has 0 N–H and O–H groups in total. The van der Waals surface area contributed by atoms with Crippen LogP contribution in [0.2, 0.25) is 0 Å². The predicted molar refractivity (Wildman–Crippen MR) is 92.6 cm³/mol. The van der Waals surface area contributed by atoms with Crippen molar-refractivity contribution < 1.29 is 9.66 Å². The monoisotopic (exact) mass is 357 g/mol. The van der Waals surface area contributed by atoms with Gasteiger partial charge in [0.05, 0.1) is 18.6 Å². The molecule has 128 valence electrons. The summed E-state index contributed by atoms with van der Waals surface area (Å²) in [7, 11) is 1.62. The first-order chi connectivity index (χ1) is 12.2. The van der Waals surface area contributed by atoms with E-state index >= 15 is 0 Å². The van der Waals surface area contributed by atoms with E-state index in [1.54, 1.807) is 23.9 Å². The van der Waals surface area contributed by atoms with Crippen molar-refractivity contribution in [3.8, 4) is 5.75 Å². The van der Waals surface area contributed by atoms with Crippen molar-refractivity contribution in [2.45, 2.75) is 17.5 Å². The Morgan fingerprint density at radius 2 is 2.00 bits per heavy atom. The predicted octanol–water partition coefficient (Wildman–Crippen LogP) is 2.93. The van der Waals surface area contributed by atoms with Gasteiger partial charge in [-0.05, 0) is 33.7 Å². The molecule has 0 bridgehead atoms. The summed E-state index contributed by atoms with van der Waals surface area (Å²) < 4.78 is 6.84. The number of thioether (sulfide) groups is 1. The van der Waals surface area contributed by atoms with Crippen molar-refractivity contribution in [2.24, 2.45) is 0 Å². The number of rotatable bonds is 7. The number of ether oxygens (including phenoxy) is 1. The number of tetrazole rings is 1. The normalized spacial score (nSPS) is 10.6. The molecule has 3 aromatic rings. The largest absolute Gasteiger partial charge is 0.497 e. The Labute approximate surface area is 148 Å². The average Bonchev–Trinajstić information content (AvgIpc) is 3.08. The number of benzene rings is 2. The summed E-state index contributed by atoms with van der Waals surface area (Å²) in [5.41, 5.74) is 1.97. The van der Waals surface area contributed by atoms with Crippen LogP contribution < -0.4 is 4.74 Å². The molecule has 3 rings (SSSR count). The fourth-order valence-corrected chi connectivity index (χ4v) is 3.03. The van der Waals surface area contributed by atoms with E-state index in [1.807, 2.05) is 30.3 Å². The van der Waals surface area contributed by atoms with Crippen LogP contribution in [0.1, 0.15) is 11.1 Å². The Bertz CT molecular complexity index is 866. The first kappa shape index (κ1) is 16.9. The minimum absolute atomic E-state index is 0.0796. The standard InChI is InChI=1S/C16H15N5O3S/c1-24-15-7-5-12(6-8-15)10-20-16(17-18-19-20)25-11-13-3-2-4-14(9-13)21(22)23/h2-9H,10-11H2,1H3. The molecule has 0 aliphatic carbocycles. The van der Waals surface area contributed by atoms with Gasteiger partial charge in [0.15, 0.2) is 0 Å². The van der Waals surface area contributed by atoms with Gasteiger partial charge in [-0.3, -0.25) is 10.1 Å². The van der Waals surface area contributed by atoms with Gasteiger partial charge < -0.3 is 4.74 Å². The van der Waals surface area contributed by atoms with Gasteiger partial charge in [0.2, 0.25) is 5.16 Å². The third-order valence-electron chi connectivity index (χ3n) is 3.48. The number of hydrogen-bond donors (Lipinski definition) is 0. The second kappa shape index (κ2) is 7.75. The van der Waals surface area contributed by atoms with Crippen LogP contribution in [0, 0.1) is 10.1 Å². The number of nitrogens with zero attached hydrogens (tertiary/aromatic N) is 5. The van der Waals surface area contributed by atoms with Gasteiger partial charge in [-0.2, -0.15) is 0 Å². The zero-order valence-corrected chi connectivity index (χ0v) is 14.2. The first-order valence-electron chi connectivity index (χ1n) is 7.41. The number of hydrogen-bond acceptors (Lipinski definition) is 7. The molecular weight excluding hydrogens is 342 g/mol. The SMILES string of the molecule is COc1ccc(Cn2nnnc2SCc2cccc([N+](=O)[O-])c2)cc1. The Morgan fingerprint density at radius 1 is 1.20 bits per heavy atom. The second-order valence-corrected chi connectivity index (χ2v) is 6.13. The molecule has 0 saturated heterocycles. The van der Waals surface area contributed by atoms with Crippen molar-refractivity contribution in [1.29, 1.82) is 0 Å². The van der Waals surface area contributed by atoms with Crippen LogP contribution in [-0.2, 0) is 12.3 Å². The van der Waals surface area contributed by atoms with E-state index in [1.165, 1.54) is 17.8 Å². The summed E-state index contributed by atoms with van der Waals surface area (Å²) in [6.45, 7) is 0.536. The van der Waals surface area contributed by atoms with E-state index in [4.69, 9.17) is 4.74 Å². The van der Waals surface area contributed by atoms with E-state index in [9.17, 15) is 10.1 Å². The average molecular weight is 357 g/mol.